The molecule has 0 aliphatic heterocycles. The molecule has 0 saturated carbocycles. The summed E-state index contributed by atoms with van der Waals surface area (Å²) in [7, 11) is 1.36. The Kier molecular flexibility index (Phi) is 6.36. The second-order valence-electron chi connectivity index (χ2n) is 4.76. The molecule has 7 heteroatoms. The van der Waals surface area contributed by atoms with Crippen LogP contribution in [0.5, 0.6) is 11.5 Å². The Balaban J connectivity index is 2.93. The minimum atomic E-state index is -2.95. The van der Waals surface area contributed by atoms with Crippen molar-refractivity contribution in [3.63, 3.8) is 0 Å². The molecule has 0 unspecified atom stereocenters. The Morgan fingerprint density at radius 3 is 2.48 bits per heavy atom. The van der Waals surface area contributed by atoms with Crippen LogP contribution >= 0.6 is 0 Å². The van der Waals surface area contributed by atoms with Crippen molar-refractivity contribution in [1.29, 1.82) is 0 Å². The number of nitrogens with zero attached hydrogens (tertiary/aromatic N) is 1. The Morgan fingerprint density at radius 1 is 1.33 bits per heavy atom. The molecule has 1 rings (SSSR count). The fourth-order valence-electron chi connectivity index (χ4n) is 1.84. The second-order valence-corrected chi connectivity index (χ2v) is 4.76. The Morgan fingerprint density at radius 2 is 2.00 bits per heavy atom. The quantitative estimate of drug-likeness (QED) is 0.800. The minimum absolute atomic E-state index is 0.00247. The van der Waals surface area contributed by atoms with Gasteiger partial charge in [0, 0.05) is 12.6 Å². The fraction of sp³-hybridized carbons (Fsp3) is 0.500. The van der Waals surface area contributed by atoms with Crippen molar-refractivity contribution >= 4 is 5.97 Å². The molecular formula is C14H19F2NO4. The van der Waals surface area contributed by atoms with Gasteiger partial charge in [-0.2, -0.15) is 8.78 Å². The molecule has 1 N–H and O–H groups in total. The topological polar surface area (TPSA) is 59.0 Å². The van der Waals surface area contributed by atoms with E-state index in [9.17, 15) is 13.6 Å². The molecule has 0 atom stereocenters. The van der Waals surface area contributed by atoms with Crippen molar-refractivity contribution in [2.45, 2.75) is 33.0 Å². The second kappa shape index (κ2) is 7.78. The van der Waals surface area contributed by atoms with Gasteiger partial charge in [-0.25, -0.2) is 0 Å². The van der Waals surface area contributed by atoms with Crippen molar-refractivity contribution in [3.05, 3.63) is 23.8 Å². The first-order valence-corrected chi connectivity index (χ1v) is 6.41. The zero-order valence-electron chi connectivity index (χ0n) is 12.2. The van der Waals surface area contributed by atoms with Crippen LogP contribution in [0.2, 0.25) is 0 Å². The highest BCUT2D eigenvalue weighted by Gasteiger charge is 2.16. The first kappa shape index (κ1) is 17.2. The van der Waals surface area contributed by atoms with Gasteiger partial charge in [0.25, 0.3) is 0 Å². The third kappa shape index (κ3) is 5.55. The van der Waals surface area contributed by atoms with Crippen LogP contribution in [0.1, 0.15) is 19.4 Å². The van der Waals surface area contributed by atoms with Crippen LogP contribution in [0.4, 0.5) is 8.78 Å². The molecule has 1 aromatic carbocycles. The SMILES string of the molecule is COc1ccc(CN(CC(=O)O)C(C)C)cc1OC(F)F. The number of aliphatic carboxylic acids is 1. The number of hydrogen-bond donors (Lipinski definition) is 1. The van der Waals surface area contributed by atoms with Gasteiger partial charge in [-0.05, 0) is 31.5 Å². The van der Waals surface area contributed by atoms with Crippen LogP contribution in [-0.4, -0.2) is 42.3 Å². The average molecular weight is 303 g/mol. The molecule has 21 heavy (non-hydrogen) atoms. The number of methoxy groups -OCH3 is 1. The number of carboxylic acid groups (broad SMARTS) is 1. The van der Waals surface area contributed by atoms with E-state index in [1.54, 1.807) is 11.0 Å². The molecule has 0 fully saturated rings. The van der Waals surface area contributed by atoms with E-state index in [4.69, 9.17) is 9.84 Å². The van der Waals surface area contributed by atoms with E-state index in [-0.39, 0.29) is 24.1 Å². The standard InChI is InChI=1S/C14H19F2NO4/c1-9(2)17(8-13(18)19)7-10-4-5-11(20-3)12(6-10)21-14(15)16/h4-6,9,14H,7-8H2,1-3H3,(H,18,19). The Bertz CT molecular complexity index is 480. The van der Waals surface area contributed by atoms with Gasteiger partial charge in [-0.1, -0.05) is 6.07 Å². The normalized spacial score (nSPS) is 11.2. The van der Waals surface area contributed by atoms with Gasteiger partial charge in [0.2, 0.25) is 0 Å². The molecule has 0 spiro atoms. The third-order valence-corrected chi connectivity index (χ3v) is 2.90. The van der Waals surface area contributed by atoms with E-state index < -0.39 is 12.6 Å². The molecule has 5 nitrogen and oxygen atoms in total. The number of rotatable bonds is 8. The Hall–Kier alpha value is -1.89. The number of benzene rings is 1. The highest BCUT2D eigenvalue weighted by Crippen LogP contribution is 2.30. The summed E-state index contributed by atoms with van der Waals surface area (Å²) in [5.41, 5.74) is 0.668. The highest BCUT2D eigenvalue weighted by molar-refractivity contribution is 5.69. The van der Waals surface area contributed by atoms with E-state index in [0.29, 0.717) is 12.1 Å². The van der Waals surface area contributed by atoms with Crippen LogP contribution in [-0.2, 0) is 11.3 Å². The predicted octanol–water partition coefficient (Wildman–Crippen LogP) is 2.59. The summed E-state index contributed by atoms with van der Waals surface area (Å²) in [5, 5.41) is 8.88. The summed E-state index contributed by atoms with van der Waals surface area (Å²) in [5.74, 6) is -0.807. The lowest BCUT2D eigenvalue weighted by atomic mass is 10.1. The lowest BCUT2D eigenvalue weighted by Gasteiger charge is -2.24. The molecular weight excluding hydrogens is 284 g/mol. The van der Waals surface area contributed by atoms with Crippen LogP contribution in [0.25, 0.3) is 0 Å². The highest BCUT2D eigenvalue weighted by atomic mass is 19.3. The number of alkyl halides is 2. The molecule has 0 aliphatic rings. The summed E-state index contributed by atoms with van der Waals surface area (Å²) in [6.45, 7) is 0.961. The summed E-state index contributed by atoms with van der Waals surface area (Å²) >= 11 is 0. The summed E-state index contributed by atoms with van der Waals surface area (Å²) in [4.78, 5) is 12.5. The number of carboxylic acids is 1. The van der Waals surface area contributed by atoms with Gasteiger partial charge in [-0.15, -0.1) is 0 Å². The molecule has 0 radical (unpaired) electrons. The van der Waals surface area contributed by atoms with Crippen molar-refractivity contribution in [3.8, 4) is 11.5 Å². The first-order chi connectivity index (χ1) is 9.83. The number of ether oxygens (including phenoxy) is 2. The van der Waals surface area contributed by atoms with E-state index in [0.717, 1.165) is 0 Å². The molecule has 0 bridgehead atoms. The largest absolute Gasteiger partial charge is 0.493 e. The van der Waals surface area contributed by atoms with Crippen molar-refractivity contribution in [2.75, 3.05) is 13.7 Å². The lowest BCUT2D eigenvalue weighted by Crippen LogP contribution is -2.35. The number of hydrogen-bond acceptors (Lipinski definition) is 4. The zero-order chi connectivity index (χ0) is 16.0. The van der Waals surface area contributed by atoms with Crippen molar-refractivity contribution in [2.24, 2.45) is 0 Å². The fourth-order valence-corrected chi connectivity index (χ4v) is 1.84. The van der Waals surface area contributed by atoms with Crippen LogP contribution in [0.3, 0.4) is 0 Å². The van der Waals surface area contributed by atoms with Crippen LogP contribution in [0, 0.1) is 0 Å². The maximum absolute atomic E-state index is 12.4. The predicted molar refractivity (Wildman–Crippen MR) is 72.8 cm³/mol. The molecule has 0 heterocycles. The monoisotopic (exact) mass is 303 g/mol. The molecule has 1 aromatic rings. The molecule has 0 aromatic heterocycles. The molecule has 0 saturated heterocycles. The molecule has 0 amide bonds. The number of carbonyl (C=O) groups is 1. The minimum Gasteiger partial charge on any atom is -0.493 e. The summed E-state index contributed by atoms with van der Waals surface area (Å²) in [6, 6.07) is 4.64. The van der Waals surface area contributed by atoms with Crippen LogP contribution < -0.4 is 9.47 Å². The van der Waals surface area contributed by atoms with E-state index in [2.05, 4.69) is 4.74 Å². The van der Waals surface area contributed by atoms with Gasteiger partial charge >= 0.3 is 12.6 Å². The Labute approximate surface area is 122 Å². The van der Waals surface area contributed by atoms with Gasteiger partial charge in [-0.3, -0.25) is 9.69 Å². The average Bonchev–Trinajstić information content (AvgIpc) is 2.37. The van der Waals surface area contributed by atoms with E-state index in [1.807, 2.05) is 13.8 Å². The summed E-state index contributed by atoms with van der Waals surface area (Å²) < 4.78 is 34.1. The number of halogens is 2. The maximum atomic E-state index is 12.4. The smallest absolute Gasteiger partial charge is 0.387 e. The van der Waals surface area contributed by atoms with Gasteiger partial charge in [0.1, 0.15) is 0 Å². The zero-order valence-corrected chi connectivity index (χ0v) is 12.2. The van der Waals surface area contributed by atoms with E-state index in [1.165, 1.54) is 19.2 Å². The van der Waals surface area contributed by atoms with Crippen LogP contribution in [0.15, 0.2) is 18.2 Å². The van der Waals surface area contributed by atoms with Gasteiger partial charge in [0.05, 0.1) is 13.7 Å². The third-order valence-electron chi connectivity index (χ3n) is 2.90. The maximum Gasteiger partial charge on any atom is 0.387 e. The van der Waals surface area contributed by atoms with Gasteiger partial charge < -0.3 is 14.6 Å². The van der Waals surface area contributed by atoms with E-state index >= 15 is 0 Å². The molecule has 118 valence electrons. The van der Waals surface area contributed by atoms with Crippen molar-refractivity contribution < 1.29 is 28.2 Å². The molecule has 0 aliphatic carbocycles. The summed E-state index contributed by atoms with van der Waals surface area (Å²) in [6.07, 6.45) is 0. The first-order valence-electron chi connectivity index (χ1n) is 6.41. The van der Waals surface area contributed by atoms with Gasteiger partial charge in [0.15, 0.2) is 11.5 Å². The lowest BCUT2D eigenvalue weighted by molar-refractivity contribution is -0.138. The van der Waals surface area contributed by atoms with Crippen molar-refractivity contribution in [1.82, 2.24) is 4.90 Å².